The fourth-order valence-electron chi connectivity index (χ4n) is 3.44. The van der Waals surface area contributed by atoms with Gasteiger partial charge in [-0.3, -0.25) is 4.79 Å². The first-order chi connectivity index (χ1) is 12.4. The molecule has 1 saturated carbocycles. The number of carboxylic acid groups (broad SMARTS) is 1. The lowest BCUT2D eigenvalue weighted by molar-refractivity contribution is 0.0643. The van der Waals surface area contributed by atoms with Crippen LogP contribution < -0.4 is 10.3 Å². The van der Waals surface area contributed by atoms with Crippen LogP contribution in [-0.2, 0) is 4.74 Å². The van der Waals surface area contributed by atoms with E-state index in [1.54, 1.807) is 0 Å². The summed E-state index contributed by atoms with van der Waals surface area (Å²) in [5.41, 5.74) is -1.59. The molecule has 0 radical (unpaired) electrons. The molecule has 9 heteroatoms. The molecule has 1 saturated heterocycles. The van der Waals surface area contributed by atoms with E-state index < -0.39 is 34.7 Å². The van der Waals surface area contributed by atoms with Crippen molar-refractivity contribution in [3.63, 3.8) is 0 Å². The molecule has 0 amide bonds. The normalized spacial score (nSPS) is 20.1. The number of nitrogens with zero attached hydrogens (tertiary/aromatic N) is 2. The molecule has 1 atom stereocenters. The molecule has 1 aliphatic carbocycles. The monoisotopic (exact) mass is 366 g/mol. The Bertz CT molecular complexity index is 970. The number of aliphatic hydroxyl groups is 1. The minimum absolute atomic E-state index is 0.0357. The smallest absolute Gasteiger partial charge is 0.343 e. The van der Waals surface area contributed by atoms with E-state index in [4.69, 9.17) is 4.74 Å². The van der Waals surface area contributed by atoms with Gasteiger partial charge in [0.15, 0.2) is 5.82 Å². The molecular formula is C17H16F2N2O5. The van der Waals surface area contributed by atoms with E-state index in [9.17, 15) is 28.6 Å². The summed E-state index contributed by atoms with van der Waals surface area (Å²) >= 11 is 0. The number of aromatic carboxylic acids is 1. The van der Waals surface area contributed by atoms with Crippen LogP contribution in [0.2, 0.25) is 0 Å². The molecule has 1 unspecified atom stereocenters. The zero-order valence-electron chi connectivity index (χ0n) is 13.6. The molecule has 0 bridgehead atoms. The van der Waals surface area contributed by atoms with Crippen molar-refractivity contribution < 1.29 is 28.5 Å². The molecule has 2 heterocycles. The quantitative estimate of drug-likeness (QED) is 0.851. The second-order valence-electron chi connectivity index (χ2n) is 6.54. The van der Waals surface area contributed by atoms with Gasteiger partial charge in [-0.2, -0.15) is 0 Å². The Morgan fingerprint density at radius 3 is 2.62 bits per heavy atom. The third-order valence-corrected chi connectivity index (χ3v) is 4.71. The van der Waals surface area contributed by atoms with Gasteiger partial charge < -0.3 is 24.4 Å². The highest BCUT2D eigenvalue weighted by Gasteiger charge is 2.37. The maximum atomic E-state index is 14.6. The third kappa shape index (κ3) is 2.55. The van der Waals surface area contributed by atoms with E-state index in [1.165, 1.54) is 9.47 Å². The summed E-state index contributed by atoms with van der Waals surface area (Å²) in [6.07, 6.45) is 0.853. The standard InChI is InChI=1S/C17H16F2N2O5/c18-8-3-11-14(12(19)4-8)21(9-1-2-9)16(13(15(11)23)17(24)25)20-5-10(6-22)26-7-20/h3-4,9-10,22H,1-2,5-7H2,(H,24,25). The fourth-order valence-corrected chi connectivity index (χ4v) is 3.44. The van der Waals surface area contributed by atoms with Crippen molar-refractivity contribution in [2.75, 3.05) is 24.8 Å². The lowest BCUT2D eigenvalue weighted by Gasteiger charge is -2.26. The summed E-state index contributed by atoms with van der Waals surface area (Å²) in [6, 6.07) is 1.37. The lowest BCUT2D eigenvalue weighted by atomic mass is 10.1. The van der Waals surface area contributed by atoms with Crippen LogP contribution in [0, 0.1) is 11.6 Å². The van der Waals surface area contributed by atoms with E-state index >= 15 is 0 Å². The number of hydrogen-bond donors (Lipinski definition) is 2. The molecule has 2 aromatic rings. The van der Waals surface area contributed by atoms with Gasteiger partial charge in [0.1, 0.15) is 30.0 Å². The first-order valence-electron chi connectivity index (χ1n) is 8.20. The van der Waals surface area contributed by atoms with Crippen molar-refractivity contribution in [3.05, 3.63) is 39.6 Å². The van der Waals surface area contributed by atoms with E-state index in [2.05, 4.69) is 0 Å². The second-order valence-corrected chi connectivity index (χ2v) is 6.54. The highest BCUT2D eigenvalue weighted by atomic mass is 19.1. The maximum absolute atomic E-state index is 14.6. The summed E-state index contributed by atoms with van der Waals surface area (Å²) in [5, 5.41) is 18.6. The van der Waals surface area contributed by atoms with Gasteiger partial charge in [-0.25, -0.2) is 13.6 Å². The van der Waals surface area contributed by atoms with Crippen LogP contribution in [0.25, 0.3) is 10.9 Å². The summed E-state index contributed by atoms with van der Waals surface area (Å²) < 4.78 is 35.1. The molecule has 1 aromatic heterocycles. The van der Waals surface area contributed by atoms with E-state index in [0.717, 1.165) is 6.07 Å². The predicted octanol–water partition coefficient (Wildman–Crippen LogP) is 1.47. The number of fused-ring (bicyclic) bond motifs is 1. The van der Waals surface area contributed by atoms with Gasteiger partial charge >= 0.3 is 5.97 Å². The Morgan fingerprint density at radius 2 is 2.04 bits per heavy atom. The number of carboxylic acids is 1. The molecule has 2 fully saturated rings. The van der Waals surface area contributed by atoms with Gasteiger partial charge in [0.2, 0.25) is 5.43 Å². The Balaban J connectivity index is 2.08. The number of rotatable bonds is 4. The van der Waals surface area contributed by atoms with E-state index in [0.29, 0.717) is 18.9 Å². The lowest BCUT2D eigenvalue weighted by Crippen LogP contribution is -2.32. The summed E-state index contributed by atoms with van der Waals surface area (Å²) in [5.74, 6) is -3.29. The molecule has 138 valence electrons. The first kappa shape index (κ1) is 16.9. The molecule has 0 spiro atoms. The number of hydrogen-bond acceptors (Lipinski definition) is 5. The predicted molar refractivity (Wildman–Crippen MR) is 87.5 cm³/mol. The zero-order valence-corrected chi connectivity index (χ0v) is 13.6. The van der Waals surface area contributed by atoms with Crippen LogP contribution in [-0.4, -0.2) is 46.7 Å². The average Bonchev–Trinajstić information content (AvgIpc) is 3.31. The van der Waals surface area contributed by atoms with Gasteiger partial charge in [0, 0.05) is 12.1 Å². The summed E-state index contributed by atoms with van der Waals surface area (Å²) in [6.45, 7) is -0.136. The fraction of sp³-hybridized carbons (Fsp3) is 0.412. The topological polar surface area (TPSA) is 92.0 Å². The first-order valence-corrected chi connectivity index (χ1v) is 8.20. The number of ether oxygens (including phenoxy) is 1. The number of halogens is 2. The minimum atomic E-state index is -1.47. The molecule has 4 rings (SSSR count). The van der Waals surface area contributed by atoms with Gasteiger partial charge in [0.25, 0.3) is 0 Å². The van der Waals surface area contributed by atoms with E-state index in [-0.39, 0.29) is 42.6 Å². The van der Waals surface area contributed by atoms with Crippen LogP contribution in [0.1, 0.15) is 29.2 Å². The van der Waals surface area contributed by atoms with Gasteiger partial charge in [-0.05, 0) is 18.9 Å². The largest absolute Gasteiger partial charge is 0.477 e. The summed E-state index contributed by atoms with van der Waals surface area (Å²) in [7, 11) is 0. The van der Waals surface area contributed by atoms with E-state index in [1.807, 2.05) is 0 Å². The number of benzene rings is 1. The average molecular weight is 366 g/mol. The molecular weight excluding hydrogens is 350 g/mol. The van der Waals surface area contributed by atoms with Gasteiger partial charge in [0.05, 0.1) is 24.1 Å². The van der Waals surface area contributed by atoms with Gasteiger partial charge in [-0.15, -0.1) is 0 Å². The van der Waals surface area contributed by atoms with Crippen LogP contribution in [0.4, 0.5) is 14.6 Å². The van der Waals surface area contributed by atoms with Crippen molar-refractivity contribution in [2.45, 2.75) is 25.0 Å². The van der Waals surface area contributed by atoms with Crippen molar-refractivity contribution in [2.24, 2.45) is 0 Å². The number of pyridine rings is 1. The van der Waals surface area contributed by atoms with Crippen molar-refractivity contribution in [1.29, 1.82) is 0 Å². The highest BCUT2D eigenvalue weighted by molar-refractivity contribution is 5.99. The van der Waals surface area contributed by atoms with Crippen LogP contribution in [0.5, 0.6) is 0 Å². The highest BCUT2D eigenvalue weighted by Crippen LogP contribution is 2.42. The van der Waals surface area contributed by atoms with Crippen LogP contribution in [0.3, 0.4) is 0 Å². The Hall–Kier alpha value is -2.52. The van der Waals surface area contributed by atoms with Crippen LogP contribution >= 0.6 is 0 Å². The number of anilines is 1. The Labute approximate surface area is 146 Å². The number of aromatic nitrogens is 1. The molecule has 2 N–H and O–H groups in total. The molecule has 1 aromatic carbocycles. The third-order valence-electron chi connectivity index (χ3n) is 4.71. The van der Waals surface area contributed by atoms with Gasteiger partial charge in [-0.1, -0.05) is 0 Å². The Kier molecular flexibility index (Phi) is 3.92. The molecule has 1 aliphatic heterocycles. The van der Waals surface area contributed by atoms with Crippen LogP contribution in [0.15, 0.2) is 16.9 Å². The van der Waals surface area contributed by atoms with Crippen molar-refractivity contribution in [3.8, 4) is 0 Å². The minimum Gasteiger partial charge on any atom is -0.477 e. The summed E-state index contributed by atoms with van der Waals surface area (Å²) in [4.78, 5) is 26.1. The number of carbonyl (C=O) groups is 1. The zero-order chi connectivity index (χ0) is 18.6. The molecule has 26 heavy (non-hydrogen) atoms. The SMILES string of the molecule is O=C(O)c1c(N2COC(CO)C2)n(C2CC2)c2c(F)cc(F)cc2c1=O. The second kappa shape index (κ2) is 6.03. The van der Waals surface area contributed by atoms with Crippen molar-refractivity contribution >= 4 is 22.7 Å². The maximum Gasteiger partial charge on any atom is 0.343 e. The Morgan fingerprint density at radius 1 is 1.31 bits per heavy atom. The van der Waals surface area contributed by atoms with Crippen molar-refractivity contribution in [1.82, 2.24) is 4.57 Å². The molecule has 2 aliphatic rings. The number of aliphatic hydroxyl groups excluding tert-OH is 1. The molecule has 7 nitrogen and oxygen atoms in total.